The normalized spacial score (nSPS) is 10.5. The van der Waals surface area contributed by atoms with Crippen molar-refractivity contribution in [3.8, 4) is 11.3 Å². The van der Waals surface area contributed by atoms with E-state index in [0.29, 0.717) is 11.6 Å². The standard InChI is InChI=1S/C16H19ClINO2.ClH/c17-15-10-12(18)4-6-14(15)16-7-5-13(21-16)11-19-8-2-1-3-9-20;/h4-7,10,19-20H,1-3,8-9,11H2;1H. The molecule has 2 aromatic rings. The molecular weight excluding hydrogens is 436 g/mol. The van der Waals surface area contributed by atoms with Gasteiger partial charge in [0, 0.05) is 15.7 Å². The predicted molar refractivity (Wildman–Crippen MR) is 102 cm³/mol. The lowest BCUT2D eigenvalue weighted by Crippen LogP contribution is -2.14. The summed E-state index contributed by atoms with van der Waals surface area (Å²) >= 11 is 8.49. The Balaban J connectivity index is 0.00000242. The number of hydrogen-bond donors (Lipinski definition) is 2. The molecule has 6 heteroatoms. The highest BCUT2D eigenvalue weighted by Crippen LogP contribution is 2.30. The van der Waals surface area contributed by atoms with Crippen LogP contribution >= 0.6 is 46.6 Å². The third-order valence-corrected chi connectivity index (χ3v) is 4.15. The summed E-state index contributed by atoms with van der Waals surface area (Å²) < 4.78 is 6.94. The maximum atomic E-state index is 8.70. The number of rotatable bonds is 8. The van der Waals surface area contributed by atoms with Gasteiger partial charge in [-0.05, 0) is 78.7 Å². The van der Waals surface area contributed by atoms with Crippen molar-refractivity contribution in [2.24, 2.45) is 0 Å². The third-order valence-electron chi connectivity index (χ3n) is 3.17. The topological polar surface area (TPSA) is 45.4 Å². The fraction of sp³-hybridized carbons (Fsp3) is 0.375. The van der Waals surface area contributed by atoms with Crippen LogP contribution in [0.15, 0.2) is 34.7 Å². The van der Waals surface area contributed by atoms with Gasteiger partial charge in [-0.25, -0.2) is 0 Å². The molecule has 122 valence electrons. The van der Waals surface area contributed by atoms with E-state index in [2.05, 4.69) is 27.9 Å². The van der Waals surface area contributed by atoms with E-state index < -0.39 is 0 Å². The third kappa shape index (κ3) is 6.08. The minimum Gasteiger partial charge on any atom is -0.460 e. The second kappa shape index (κ2) is 10.5. The van der Waals surface area contributed by atoms with Gasteiger partial charge in [-0.3, -0.25) is 0 Å². The van der Waals surface area contributed by atoms with Gasteiger partial charge in [0.15, 0.2) is 0 Å². The Morgan fingerprint density at radius 1 is 1.14 bits per heavy atom. The van der Waals surface area contributed by atoms with Gasteiger partial charge in [0.05, 0.1) is 11.6 Å². The molecule has 0 atom stereocenters. The van der Waals surface area contributed by atoms with Crippen LogP contribution in [0.2, 0.25) is 5.02 Å². The van der Waals surface area contributed by atoms with Crippen LogP contribution in [-0.4, -0.2) is 18.3 Å². The van der Waals surface area contributed by atoms with Crippen molar-refractivity contribution in [1.29, 1.82) is 0 Å². The molecule has 0 aliphatic heterocycles. The molecule has 0 fully saturated rings. The van der Waals surface area contributed by atoms with Gasteiger partial charge >= 0.3 is 0 Å². The number of furan rings is 1. The molecule has 0 unspecified atom stereocenters. The molecule has 0 radical (unpaired) electrons. The van der Waals surface area contributed by atoms with Crippen LogP contribution in [0.4, 0.5) is 0 Å². The highest BCUT2D eigenvalue weighted by molar-refractivity contribution is 14.1. The molecule has 1 aromatic carbocycles. The first-order valence-corrected chi connectivity index (χ1v) is 8.52. The van der Waals surface area contributed by atoms with Crippen LogP contribution in [0.5, 0.6) is 0 Å². The lowest BCUT2D eigenvalue weighted by Gasteiger charge is -2.03. The molecule has 3 nitrogen and oxygen atoms in total. The van der Waals surface area contributed by atoms with Crippen LogP contribution in [0.1, 0.15) is 25.0 Å². The van der Waals surface area contributed by atoms with E-state index in [9.17, 15) is 0 Å². The maximum absolute atomic E-state index is 8.70. The molecule has 2 N–H and O–H groups in total. The van der Waals surface area contributed by atoms with E-state index in [1.807, 2.05) is 30.3 Å². The van der Waals surface area contributed by atoms with Crippen LogP contribution in [0.3, 0.4) is 0 Å². The number of nitrogens with one attached hydrogen (secondary N) is 1. The number of aliphatic hydroxyl groups excluding tert-OH is 1. The zero-order chi connectivity index (χ0) is 15.1. The monoisotopic (exact) mass is 455 g/mol. The summed E-state index contributed by atoms with van der Waals surface area (Å²) in [4.78, 5) is 0. The molecule has 2 rings (SSSR count). The summed E-state index contributed by atoms with van der Waals surface area (Å²) in [6, 6.07) is 9.86. The Bertz CT molecular complexity index is 575. The van der Waals surface area contributed by atoms with E-state index >= 15 is 0 Å². The van der Waals surface area contributed by atoms with Crippen LogP contribution < -0.4 is 5.32 Å². The van der Waals surface area contributed by atoms with Crippen molar-refractivity contribution in [2.45, 2.75) is 25.8 Å². The number of halogens is 3. The summed E-state index contributed by atoms with van der Waals surface area (Å²) in [5.74, 6) is 1.70. The lowest BCUT2D eigenvalue weighted by atomic mass is 10.2. The first-order chi connectivity index (χ1) is 10.2. The molecule has 0 amide bonds. The summed E-state index contributed by atoms with van der Waals surface area (Å²) in [6.45, 7) is 1.92. The van der Waals surface area contributed by atoms with E-state index in [0.717, 1.165) is 46.5 Å². The van der Waals surface area contributed by atoms with Crippen molar-refractivity contribution in [1.82, 2.24) is 5.32 Å². The van der Waals surface area contributed by atoms with E-state index in [4.69, 9.17) is 21.1 Å². The molecule has 1 heterocycles. The highest BCUT2D eigenvalue weighted by atomic mass is 127. The second-order valence-corrected chi connectivity index (χ2v) is 6.50. The van der Waals surface area contributed by atoms with Crippen molar-refractivity contribution in [3.63, 3.8) is 0 Å². The van der Waals surface area contributed by atoms with Crippen molar-refractivity contribution in [2.75, 3.05) is 13.2 Å². The number of hydrogen-bond acceptors (Lipinski definition) is 3. The first kappa shape index (κ1) is 19.8. The SMILES string of the molecule is Cl.OCCCCCNCc1ccc(-c2ccc(I)cc2Cl)o1. The number of benzene rings is 1. The van der Waals surface area contributed by atoms with E-state index in [1.165, 1.54) is 0 Å². The van der Waals surface area contributed by atoms with Gasteiger partial charge < -0.3 is 14.8 Å². The number of aliphatic hydroxyl groups is 1. The Hall–Kier alpha value is -0.270. The summed E-state index contributed by atoms with van der Waals surface area (Å²) in [6.07, 6.45) is 2.99. The average Bonchev–Trinajstić information content (AvgIpc) is 2.91. The fourth-order valence-electron chi connectivity index (χ4n) is 2.06. The molecule has 0 spiro atoms. The molecule has 1 aromatic heterocycles. The molecule has 0 saturated carbocycles. The quantitative estimate of drug-likeness (QED) is 0.440. The Kier molecular flexibility index (Phi) is 9.43. The second-order valence-electron chi connectivity index (χ2n) is 4.85. The largest absolute Gasteiger partial charge is 0.460 e. The van der Waals surface area contributed by atoms with Crippen molar-refractivity contribution < 1.29 is 9.52 Å². The zero-order valence-electron chi connectivity index (χ0n) is 12.1. The van der Waals surface area contributed by atoms with Crippen molar-refractivity contribution >= 4 is 46.6 Å². The van der Waals surface area contributed by atoms with Gasteiger partial charge in [0.25, 0.3) is 0 Å². The molecule has 0 aliphatic rings. The number of unbranched alkanes of at least 4 members (excludes halogenated alkanes) is 2. The minimum absolute atomic E-state index is 0. The van der Waals surface area contributed by atoms with Gasteiger partial charge in [0.1, 0.15) is 11.5 Å². The smallest absolute Gasteiger partial charge is 0.135 e. The minimum atomic E-state index is 0. The zero-order valence-corrected chi connectivity index (χ0v) is 15.9. The van der Waals surface area contributed by atoms with Gasteiger partial charge in [-0.15, -0.1) is 12.4 Å². The lowest BCUT2D eigenvalue weighted by molar-refractivity contribution is 0.282. The van der Waals surface area contributed by atoms with Crippen LogP contribution in [-0.2, 0) is 6.54 Å². The van der Waals surface area contributed by atoms with Crippen molar-refractivity contribution in [3.05, 3.63) is 44.7 Å². The molecule has 22 heavy (non-hydrogen) atoms. The highest BCUT2D eigenvalue weighted by Gasteiger charge is 2.08. The van der Waals surface area contributed by atoms with Crippen LogP contribution in [0, 0.1) is 3.57 Å². The Labute approximate surface area is 156 Å². The molecule has 0 saturated heterocycles. The fourth-order valence-corrected chi connectivity index (χ4v) is 3.01. The Morgan fingerprint density at radius 3 is 2.68 bits per heavy atom. The molecular formula is C16H20Cl2INO2. The maximum Gasteiger partial charge on any atom is 0.135 e. The summed E-state index contributed by atoms with van der Waals surface area (Å²) in [5.41, 5.74) is 0.922. The van der Waals surface area contributed by atoms with E-state index in [-0.39, 0.29) is 19.0 Å². The van der Waals surface area contributed by atoms with Crippen LogP contribution in [0.25, 0.3) is 11.3 Å². The first-order valence-electron chi connectivity index (χ1n) is 7.06. The average molecular weight is 456 g/mol. The van der Waals surface area contributed by atoms with Gasteiger partial charge in [-0.2, -0.15) is 0 Å². The van der Waals surface area contributed by atoms with Gasteiger partial charge in [0.2, 0.25) is 0 Å². The molecule has 0 bridgehead atoms. The van der Waals surface area contributed by atoms with E-state index in [1.54, 1.807) is 0 Å². The molecule has 0 aliphatic carbocycles. The predicted octanol–water partition coefficient (Wildman–Crippen LogP) is 4.88. The Morgan fingerprint density at radius 2 is 1.95 bits per heavy atom. The summed E-state index contributed by atoms with van der Waals surface area (Å²) in [5, 5.41) is 12.8. The van der Waals surface area contributed by atoms with Gasteiger partial charge in [-0.1, -0.05) is 11.6 Å². The summed E-state index contributed by atoms with van der Waals surface area (Å²) in [7, 11) is 0.